The monoisotopic (exact) mass is 452 g/mol. The average Bonchev–Trinajstić information content (AvgIpc) is 2.74. The Bertz CT molecular complexity index is 1040. The molecule has 7 heteroatoms. The molecule has 1 atom stereocenters. The van der Waals surface area contributed by atoms with Crippen LogP contribution in [0.15, 0.2) is 88.4 Å². The van der Waals surface area contributed by atoms with E-state index in [4.69, 9.17) is 4.74 Å². The second-order valence-corrected chi connectivity index (χ2v) is 6.84. The van der Waals surface area contributed by atoms with Crippen molar-refractivity contribution >= 4 is 34.0 Å². The summed E-state index contributed by atoms with van der Waals surface area (Å²) < 4.78 is 6.03. The first-order valence-electron chi connectivity index (χ1n) is 8.67. The van der Waals surface area contributed by atoms with Gasteiger partial charge in [0.25, 0.3) is 5.91 Å². The number of rotatable bonds is 6. The Morgan fingerprint density at radius 1 is 1.00 bits per heavy atom. The third-order valence-corrected chi connectivity index (χ3v) is 4.61. The van der Waals surface area contributed by atoms with Gasteiger partial charge in [-0.05, 0) is 51.3 Å². The third kappa shape index (κ3) is 5.60. The van der Waals surface area contributed by atoms with Crippen LogP contribution in [-0.4, -0.2) is 23.2 Å². The second kappa shape index (κ2) is 9.77. The Morgan fingerprint density at radius 2 is 1.72 bits per heavy atom. The van der Waals surface area contributed by atoms with Crippen molar-refractivity contribution in [2.24, 2.45) is 5.10 Å². The van der Waals surface area contributed by atoms with Crippen LogP contribution in [-0.2, 0) is 4.79 Å². The molecule has 0 aliphatic heterocycles. The molecule has 29 heavy (non-hydrogen) atoms. The Morgan fingerprint density at radius 3 is 2.48 bits per heavy atom. The zero-order valence-electron chi connectivity index (χ0n) is 15.2. The van der Waals surface area contributed by atoms with Gasteiger partial charge in [-0.2, -0.15) is 5.10 Å². The highest BCUT2D eigenvalue weighted by molar-refractivity contribution is 9.10. The summed E-state index contributed by atoms with van der Waals surface area (Å²) in [6, 6.07) is 22.2. The lowest BCUT2D eigenvalue weighted by atomic mass is 10.1. The van der Waals surface area contributed by atoms with Crippen molar-refractivity contribution in [2.45, 2.75) is 6.10 Å². The maximum Gasteiger partial charge on any atom is 0.344 e. The fraction of sp³-hybridized carbons (Fsp3) is 0.0455. The van der Waals surface area contributed by atoms with Crippen LogP contribution < -0.4 is 10.2 Å². The highest BCUT2D eigenvalue weighted by Crippen LogP contribution is 2.19. The van der Waals surface area contributed by atoms with Gasteiger partial charge in [0.05, 0.1) is 11.8 Å². The molecule has 0 aliphatic rings. The van der Waals surface area contributed by atoms with Crippen LogP contribution >= 0.6 is 15.9 Å². The molecular weight excluding hydrogens is 436 g/mol. The first kappa shape index (κ1) is 20.4. The van der Waals surface area contributed by atoms with Gasteiger partial charge in [0.2, 0.25) is 0 Å². The standard InChI is InChI=1S/C22H17BrN2O4/c23-19-12-5-4-11-18(19)22(28)29-17-10-6-7-15(13-17)14-24-25-21(27)20(26)16-8-2-1-3-9-16/h1-14,20,26H,(H,25,27)/b24-14+. The quantitative estimate of drug-likeness (QED) is 0.257. The summed E-state index contributed by atoms with van der Waals surface area (Å²) in [6.07, 6.45) is 0.0794. The molecule has 0 saturated heterocycles. The number of hydrogen-bond acceptors (Lipinski definition) is 5. The fourth-order valence-electron chi connectivity index (χ4n) is 2.47. The minimum atomic E-state index is -1.31. The molecule has 0 bridgehead atoms. The van der Waals surface area contributed by atoms with Crippen molar-refractivity contribution < 1.29 is 19.4 Å². The number of amides is 1. The fourth-order valence-corrected chi connectivity index (χ4v) is 2.91. The first-order chi connectivity index (χ1) is 14.0. The molecule has 0 fully saturated rings. The largest absolute Gasteiger partial charge is 0.423 e. The zero-order valence-corrected chi connectivity index (χ0v) is 16.7. The summed E-state index contributed by atoms with van der Waals surface area (Å²) in [4.78, 5) is 24.3. The summed E-state index contributed by atoms with van der Waals surface area (Å²) >= 11 is 3.32. The van der Waals surface area contributed by atoms with Crippen molar-refractivity contribution in [3.8, 4) is 5.75 Å². The van der Waals surface area contributed by atoms with E-state index in [0.717, 1.165) is 0 Å². The summed E-state index contributed by atoms with van der Waals surface area (Å²) in [6.45, 7) is 0. The molecule has 146 valence electrons. The highest BCUT2D eigenvalue weighted by atomic mass is 79.9. The second-order valence-electron chi connectivity index (χ2n) is 5.99. The van der Waals surface area contributed by atoms with E-state index < -0.39 is 18.0 Å². The Labute approximate surface area is 176 Å². The number of ether oxygens (including phenoxy) is 1. The molecule has 0 heterocycles. The van der Waals surface area contributed by atoms with E-state index in [1.807, 2.05) is 0 Å². The Hall–Kier alpha value is -3.29. The molecule has 6 nitrogen and oxygen atoms in total. The van der Waals surface area contributed by atoms with Crippen LogP contribution in [0.2, 0.25) is 0 Å². The van der Waals surface area contributed by atoms with Crippen molar-refractivity contribution in [1.82, 2.24) is 5.43 Å². The van der Waals surface area contributed by atoms with E-state index in [9.17, 15) is 14.7 Å². The Balaban J connectivity index is 1.61. The van der Waals surface area contributed by atoms with E-state index in [1.54, 1.807) is 78.9 Å². The summed E-state index contributed by atoms with van der Waals surface area (Å²) in [5.41, 5.74) is 3.78. The molecule has 2 N–H and O–H groups in total. The lowest BCUT2D eigenvalue weighted by Gasteiger charge is -2.08. The molecule has 3 aromatic carbocycles. The average molecular weight is 453 g/mol. The molecular formula is C22H17BrN2O4. The van der Waals surface area contributed by atoms with Gasteiger partial charge in [-0.15, -0.1) is 0 Å². The number of carbonyl (C=O) groups is 2. The van der Waals surface area contributed by atoms with Crippen molar-refractivity contribution in [2.75, 3.05) is 0 Å². The van der Waals surface area contributed by atoms with Crippen LogP contribution in [0.4, 0.5) is 0 Å². The maximum absolute atomic E-state index is 12.3. The van der Waals surface area contributed by atoms with Crippen LogP contribution in [0, 0.1) is 0 Å². The SMILES string of the molecule is O=C(Oc1cccc(/C=N/NC(=O)C(O)c2ccccc2)c1)c1ccccc1Br. The van der Waals surface area contributed by atoms with Crippen LogP contribution in [0.25, 0.3) is 0 Å². The van der Waals surface area contributed by atoms with Crippen molar-refractivity contribution in [3.63, 3.8) is 0 Å². The molecule has 0 saturated carbocycles. The molecule has 0 radical (unpaired) electrons. The summed E-state index contributed by atoms with van der Waals surface area (Å²) in [5, 5.41) is 13.9. The summed E-state index contributed by atoms with van der Waals surface area (Å²) in [7, 11) is 0. The zero-order chi connectivity index (χ0) is 20.6. The minimum Gasteiger partial charge on any atom is -0.423 e. The number of aliphatic hydroxyl groups is 1. The molecule has 1 amide bonds. The number of halogens is 1. The first-order valence-corrected chi connectivity index (χ1v) is 9.46. The van der Waals surface area contributed by atoms with Crippen LogP contribution in [0.1, 0.15) is 27.6 Å². The van der Waals surface area contributed by atoms with E-state index in [1.165, 1.54) is 6.21 Å². The van der Waals surface area contributed by atoms with E-state index >= 15 is 0 Å². The van der Waals surface area contributed by atoms with Gasteiger partial charge in [-0.25, -0.2) is 10.2 Å². The highest BCUT2D eigenvalue weighted by Gasteiger charge is 2.16. The van der Waals surface area contributed by atoms with Gasteiger partial charge in [0.1, 0.15) is 5.75 Å². The number of aliphatic hydroxyl groups excluding tert-OH is 1. The van der Waals surface area contributed by atoms with E-state index in [0.29, 0.717) is 26.9 Å². The van der Waals surface area contributed by atoms with Crippen molar-refractivity contribution in [1.29, 1.82) is 0 Å². The number of benzene rings is 3. The number of nitrogens with one attached hydrogen (secondary N) is 1. The van der Waals surface area contributed by atoms with Gasteiger partial charge in [0.15, 0.2) is 6.10 Å². The van der Waals surface area contributed by atoms with Gasteiger partial charge in [-0.3, -0.25) is 4.79 Å². The van der Waals surface area contributed by atoms with Gasteiger partial charge < -0.3 is 9.84 Å². The number of esters is 1. The predicted octanol–water partition coefficient (Wildman–Crippen LogP) is 3.85. The van der Waals surface area contributed by atoms with Crippen LogP contribution in [0.3, 0.4) is 0 Å². The Kier molecular flexibility index (Phi) is 6.89. The maximum atomic E-state index is 12.3. The summed E-state index contributed by atoms with van der Waals surface area (Å²) in [5.74, 6) is -0.805. The topological polar surface area (TPSA) is 88.0 Å². The molecule has 0 spiro atoms. The molecule has 3 rings (SSSR count). The third-order valence-electron chi connectivity index (χ3n) is 3.91. The molecule has 0 aromatic heterocycles. The van der Waals surface area contributed by atoms with Crippen LogP contribution in [0.5, 0.6) is 5.75 Å². The number of hydrogen-bond donors (Lipinski definition) is 2. The van der Waals surface area contributed by atoms with E-state index in [2.05, 4.69) is 26.5 Å². The number of carbonyl (C=O) groups excluding carboxylic acids is 2. The lowest BCUT2D eigenvalue weighted by molar-refractivity contribution is -0.129. The minimum absolute atomic E-state index is 0.338. The smallest absolute Gasteiger partial charge is 0.344 e. The normalized spacial score (nSPS) is 11.8. The lowest BCUT2D eigenvalue weighted by Crippen LogP contribution is -2.25. The molecule has 1 unspecified atom stereocenters. The van der Waals surface area contributed by atoms with Gasteiger partial charge >= 0.3 is 5.97 Å². The van der Waals surface area contributed by atoms with E-state index in [-0.39, 0.29) is 0 Å². The molecule has 0 aliphatic carbocycles. The number of nitrogens with zero attached hydrogens (tertiary/aromatic N) is 1. The van der Waals surface area contributed by atoms with Gasteiger partial charge in [-0.1, -0.05) is 54.6 Å². The molecule has 3 aromatic rings. The number of hydrazone groups is 1. The van der Waals surface area contributed by atoms with Gasteiger partial charge in [0, 0.05) is 4.47 Å². The predicted molar refractivity (Wildman–Crippen MR) is 113 cm³/mol. The van der Waals surface area contributed by atoms with Crippen molar-refractivity contribution in [3.05, 3.63) is 100 Å².